The third kappa shape index (κ3) is 4.74. The van der Waals surface area contributed by atoms with Crippen molar-refractivity contribution in [2.24, 2.45) is 0 Å². The highest BCUT2D eigenvalue weighted by atomic mass is 35.5. The number of carbonyl (C=O) groups excluding carboxylic acids is 1. The molecule has 0 bridgehead atoms. The molecule has 0 spiro atoms. The van der Waals surface area contributed by atoms with Crippen LogP contribution in [0.25, 0.3) is 0 Å². The molecule has 7 heteroatoms. The quantitative estimate of drug-likeness (QED) is 0.665. The van der Waals surface area contributed by atoms with Gasteiger partial charge in [-0.15, -0.1) is 0 Å². The number of anilines is 3. The summed E-state index contributed by atoms with van der Waals surface area (Å²) >= 11 is 6.11. The molecule has 0 atom stereocenters. The number of hydrogen-bond donors (Lipinski definition) is 2. The van der Waals surface area contributed by atoms with Gasteiger partial charge < -0.3 is 15.4 Å². The molecule has 138 valence electrons. The third-order valence-electron chi connectivity index (χ3n) is 3.84. The van der Waals surface area contributed by atoms with E-state index in [1.165, 1.54) is 0 Å². The molecule has 0 radical (unpaired) electrons. The minimum Gasteiger partial charge on any atom is -0.497 e. The number of halogens is 1. The van der Waals surface area contributed by atoms with Crippen LogP contribution in [0, 0.1) is 13.8 Å². The Kier molecular flexibility index (Phi) is 5.57. The molecule has 3 aromatic rings. The van der Waals surface area contributed by atoms with E-state index in [0.29, 0.717) is 22.4 Å². The molecule has 2 aromatic carbocycles. The number of nitrogens with one attached hydrogen (secondary N) is 2. The smallest absolute Gasteiger partial charge is 0.274 e. The van der Waals surface area contributed by atoms with Crippen LogP contribution in [0.1, 0.15) is 21.9 Å². The number of benzene rings is 2. The van der Waals surface area contributed by atoms with E-state index in [4.69, 9.17) is 16.3 Å². The monoisotopic (exact) mass is 382 g/mol. The number of rotatable bonds is 5. The van der Waals surface area contributed by atoms with Crippen molar-refractivity contribution in [2.75, 3.05) is 17.7 Å². The molecule has 1 heterocycles. The first kappa shape index (κ1) is 18.7. The fourth-order valence-electron chi connectivity index (χ4n) is 2.46. The SMILES string of the molecule is COc1cccc(Nc2cc(C(=O)Nc3ccc(C)c(Cl)c3)nc(C)n2)c1. The largest absolute Gasteiger partial charge is 0.497 e. The first-order valence-corrected chi connectivity index (χ1v) is 8.66. The van der Waals surface area contributed by atoms with E-state index in [9.17, 15) is 4.79 Å². The highest BCUT2D eigenvalue weighted by molar-refractivity contribution is 6.31. The van der Waals surface area contributed by atoms with Crippen molar-refractivity contribution in [2.45, 2.75) is 13.8 Å². The summed E-state index contributed by atoms with van der Waals surface area (Å²) in [6.07, 6.45) is 0. The zero-order chi connectivity index (χ0) is 19.4. The maximum absolute atomic E-state index is 12.6. The van der Waals surface area contributed by atoms with Crippen LogP contribution in [0.3, 0.4) is 0 Å². The van der Waals surface area contributed by atoms with Gasteiger partial charge in [0.2, 0.25) is 0 Å². The molecular weight excluding hydrogens is 364 g/mol. The lowest BCUT2D eigenvalue weighted by atomic mass is 10.2. The molecule has 0 saturated carbocycles. The van der Waals surface area contributed by atoms with Crippen molar-refractivity contribution in [3.63, 3.8) is 0 Å². The predicted molar refractivity (Wildman–Crippen MR) is 107 cm³/mol. The van der Waals surface area contributed by atoms with E-state index < -0.39 is 0 Å². The van der Waals surface area contributed by atoms with Crippen LogP contribution in [0.15, 0.2) is 48.5 Å². The van der Waals surface area contributed by atoms with Crippen molar-refractivity contribution in [3.05, 3.63) is 70.6 Å². The lowest BCUT2D eigenvalue weighted by Crippen LogP contribution is -2.15. The van der Waals surface area contributed by atoms with E-state index in [0.717, 1.165) is 17.0 Å². The van der Waals surface area contributed by atoms with Crippen LogP contribution in [-0.2, 0) is 0 Å². The average molecular weight is 383 g/mol. The van der Waals surface area contributed by atoms with Gasteiger partial charge in [0.05, 0.1) is 7.11 Å². The number of hydrogen-bond acceptors (Lipinski definition) is 5. The van der Waals surface area contributed by atoms with E-state index in [1.807, 2.05) is 37.3 Å². The molecule has 0 aliphatic carbocycles. The Balaban J connectivity index is 1.81. The Hall–Kier alpha value is -3.12. The molecule has 3 rings (SSSR count). The lowest BCUT2D eigenvalue weighted by Gasteiger charge is -2.10. The maximum atomic E-state index is 12.6. The van der Waals surface area contributed by atoms with Gasteiger partial charge in [0.25, 0.3) is 5.91 Å². The summed E-state index contributed by atoms with van der Waals surface area (Å²) in [5.74, 6) is 1.38. The first-order chi connectivity index (χ1) is 12.9. The number of ether oxygens (including phenoxy) is 1. The van der Waals surface area contributed by atoms with Crippen LogP contribution in [0.2, 0.25) is 5.02 Å². The Morgan fingerprint density at radius 1 is 1.04 bits per heavy atom. The standard InChI is InChI=1S/C20H19ClN4O2/c1-12-7-8-15(10-17(12)21)25-20(26)18-11-19(23-13(2)22-18)24-14-5-4-6-16(9-14)27-3/h4-11H,1-3H3,(H,25,26)(H,22,23,24). The van der Waals surface area contributed by atoms with Gasteiger partial charge in [0.15, 0.2) is 0 Å². The number of methoxy groups -OCH3 is 1. The number of aryl methyl sites for hydroxylation is 2. The van der Waals surface area contributed by atoms with Crippen LogP contribution in [0.4, 0.5) is 17.2 Å². The number of aromatic nitrogens is 2. The molecule has 6 nitrogen and oxygen atoms in total. The van der Waals surface area contributed by atoms with Crippen molar-refractivity contribution >= 4 is 34.7 Å². The Bertz CT molecular complexity index is 991. The number of amides is 1. The van der Waals surface area contributed by atoms with Gasteiger partial charge in [-0.2, -0.15) is 0 Å². The second-order valence-corrected chi connectivity index (χ2v) is 6.37. The molecule has 27 heavy (non-hydrogen) atoms. The van der Waals surface area contributed by atoms with E-state index in [2.05, 4.69) is 20.6 Å². The molecule has 0 saturated heterocycles. The normalized spacial score (nSPS) is 10.4. The van der Waals surface area contributed by atoms with E-state index >= 15 is 0 Å². The molecular formula is C20H19ClN4O2. The minimum absolute atomic E-state index is 0.254. The van der Waals surface area contributed by atoms with Gasteiger partial charge in [0, 0.05) is 28.5 Å². The summed E-state index contributed by atoms with van der Waals surface area (Å²) in [4.78, 5) is 21.1. The molecule has 1 aromatic heterocycles. The lowest BCUT2D eigenvalue weighted by molar-refractivity contribution is 0.102. The zero-order valence-corrected chi connectivity index (χ0v) is 16.0. The highest BCUT2D eigenvalue weighted by Gasteiger charge is 2.12. The fraction of sp³-hybridized carbons (Fsp3) is 0.150. The van der Waals surface area contributed by atoms with Gasteiger partial charge in [-0.1, -0.05) is 23.7 Å². The first-order valence-electron chi connectivity index (χ1n) is 8.29. The predicted octanol–water partition coefficient (Wildman–Crippen LogP) is 4.75. The molecule has 1 amide bonds. The Morgan fingerprint density at radius 2 is 1.85 bits per heavy atom. The number of nitrogens with zero attached hydrogens (tertiary/aromatic N) is 2. The zero-order valence-electron chi connectivity index (χ0n) is 15.2. The summed E-state index contributed by atoms with van der Waals surface area (Å²) in [6, 6.07) is 14.4. The topological polar surface area (TPSA) is 76.1 Å². The van der Waals surface area contributed by atoms with Crippen LogP contribution in [-0.4, -0.2) is 23.0 Å². The van der Waals surface area contributed by atoms with Gasteiger partial charge in [-0.3, -0.25) is 4.79 Å². The van der Waals surface area contributed by atoms with Gasteiger partial charge in [0.1, 0.15) is 23.1 Å². The summed E-state index contributed by atoms with van der Waals surface area (Å²) in [5, 5.41) is 6.55. The molecule has 0 aliphatic heterocycles. The summed E-state index contributed by atoms with van der Waals surface area (Å²) < 4.78 is 5.21. The second-order valence-electron chi connectivity index (χ2n) is 5.96. The minimum atomic E-state index is -0.339. The summed E-state index contributed by atoms with van der Waals surface area (Å²) in [6.45, 7) is 3.63. The summed E-state index contributed by atoms with van der Waals surface area (Å²) in [7, 11) is 1.60. The Labute approximate surface area is 162 Å². The highest BCUT2D eigenvalue weighted by Crippen LogP contribution is 2.22. The van der Waals surface area contributed by atoms with Gasteiger partial charge >= 0.3 is 0 Å². The molecule has 0 fully saturated rings. The van der Waals surface area contributed by atoms with Gasteiger partial charge in [-0.05, 0) is 43.7 Å². The third-order valence-corrected chi connectivity index (χ3v) is 4.25. The van der Waals surface area contributed by atoms with E-state index in [-0.39, 0.29) is 11.6 Å². The second kappa shape index (κ2) is 8.05. The summed E-state index contributed by atoms with van der Waals surface area (Å²) in [5.41, 5.74) is 2.60. The average Bonchev–Trinajstić information content (AvgIpc) is 2.64. The van der Waals surface area contributed by atoms with Crippen molar-refractivity contribution in [1.29, 1.82) is 0 Å². The van der Waals surface area contributed by atoms with Crippen molar-refractivity contribution in [3.8, 4) is 5.75 Å². The van der Waals surface area contributed by atoms with Crippen molar-refractivity contribution < 1.29 is 9.53 Å². The number of carbonyl (C=O) groups is 1. The molecule has 2 N–H and O–H groups in total. The van der Waals surface area contributed by atoms with E-state index in [1.54, 1.807) is 32.2 Å². The van der Waals surface area contributed by atoms with Crippen molar-refractivity contribution in [1.82, 2.24) is 9.97 Å². The van der Waals surface area contributed by atoms with Crippen LogP contribution in [0.5, 0.6) is 5.75 Å². The van der Waals surface area contributed by atoms with Gasteiger partial charge in [-0.25, -0.2) is 9.97 Å². The molecule has 0 aliphatic rings. The maximum Gasteiger partial charge on any atom is 0.274 e. The Morgan fingerprint density at radius 3 is 2.59 bits per heavy atom. The fourth-order valence-corrected chi connectivity index (χ4v) is 2.64. The van der Waals surface area contributed by atoms with Crippen LogP contribution < -0.4 is 15.4 Å². The molecule has 0 unspecified atom stereocenters. The van der Waals surface area contributed by atoms with Crippen LogP contribution >= 0.6 is 11.6 Å².